The van der Waals surface area contributed by atoms with Crippen molar-refractivity contribution in [1.29, 1.82) is 0 Å². The summed E-state index contributed by atoms with van der Waals surface area (Å²) in [6, 6.07) is 8.95. The number of pyridine rings is 1. The van der Waals surface area contributed by atoms with Gasteiger partial charge in [-0.25, -0.2) is 9.59 Å². The Morgan fingerprint density at radius 3 is 2.24 bits per heavy atom. The van der Waals surface area contributed by atoms with Gasteiger partial charge in [0, 0.05) is 36.4 Å². The molecule has 0 aromatic carbocycles. The lowest BCUT2D eigenvalue weighted by Gasteiger charge is -2.35. The third-order valence-corrected chi connectivity index (χ3v) is 6.33. The summed E-state index contributed by atoms with van der Waals surface area (Å²) in [7, 11) is 0. The van der Waals surface area contributed by atoms with E-state index in [2.05, 4.69) is 27.4 Å². The van der Waals surface area contributed by atoms with Gasteiger partial charge in [0.05, 0.1) is 25.4 Å². The first-order valence-electron chi connectivity index (χ1n) is 11.3. The molecule has 0 saturated carbocycles. The van der Waals surface area contributed by atoms with Gasteiger partial charge in [0.15, 0.2) is 0 Å². The number of rotatable bonds is 6. The Kier molecular flexibility index (Phi) is 11.9. The second-order valence-electron chi connectivity index (χ2n) is 8.26. The molecule has 38 heavy (non-hydrogen) atoms. The number of nitrogens with zero attached hydrogens (tertiary/aromatic N) is 2. The maximum absolute atomic E-state index is 10.6. The number of aromatic nitrogens is 1. The van der Waals surface area contributed by atoms with Crippen LogP contribution < -0.4 is 0 Å². The molecule has 0 radical (unpaired) electrons. The Morgan fingerprint density at radius 1 is 1.05 bits per heavy atom. The molecule has 2 aromatic heterocycles. The fourth-order valence-corrected chi connectivity index (χ4v) is 4.53. The van der Waals surface area contributed by atoms with E-state index in [9.17, 15) is 26.3 Å². The number of ether oxygens (including phenoxy) is 2. The number of carboxylic acids is 2. The summed E-state index contributed by atoms with van der Waals surface area (Å²) in [4.78, 5) is 26.0. The predicted octanol–water partition coefficient (Wildman–Crippen LogP) is 4.75. The van der Waals surface area contributed by atoms with Crippen molar-refractivity contribution < 1.29 is 55.6 Å². The molecule has 0 spiro atoms. The number of hydrogen-bond acceptors (Lipinski definition) is 7. The monoisotopic (exact) mass is 572 g/mol. The van der Waals surface area contributed by atoms with E-state index < -0.39 is 24.3 Å². The topological polar surface area (TPSA) is 109 Å². The maximum Gasteiger partial charge on any atom is 0.490 e. The van der Waals surface area contributed by atoms with Crippen molar-refractivity contribution in [2.45, 2.75) is 63.0 Å². The number of thiophene rings is 1. The third-order valence-electron chi connectivity index (χ3n) is 5.47. The Hall–Kier alpha value is -2.75. The molecule has 0 amide bonds. The molecular weight excluding hydrogens is 546 g/mol. The van der Waals surface area contributed by atoms with E-state index in [1.165, 1.54) is 11.3 Å². The standard InChI is InChI=1S/C19H24N2O2S.2C2HF3O2/c1-3-15(11-20-8-1)13-22-14-16-5-6-18-19(23-16)7-9-21(18)12-17-4-2-10-24-17;2*3-2(4,5)1(6)7/h1-4,8,10-11,16,18-19H,5-7,9,12-14H2;2*(H,6,7)/t16-,18+,19+;;/m1../s1. The van der Waals surface area contributed by atoms with E-state index in [-0.39, 0.29) is 6.10 Å². The molecule has 2 N–H and O–H groups in total. The largest absolute Gasteiger partial charge is 0.490 e. The Morgan fingerprint density at radius 2 is 1.71 bits per heavy atom. The zero-order valence-electron chi connectivity index (χ0n) is 19.8. The van der Waals surface area contributed by atoms with Crippen molar-refractivity contribution in [3.8, 4) is 0 Å². The summed E-state index contributed by atoms with van der Waals surface area (Å²) in [6.07, 6.45) is -2.44. The Bertz CT molecular complexity index is 967. The van der Waals surface area contributed by atoms with E-state index in [1.807, 2.05) is 29.7 Å². The molecule has 2 aliphatic heterocycles. The number of hydrogen-bond donors (Lipinski definition) is 2. The number of aliphatic carboxylic acids is 2. The molecule has 4 rings (SSSR count). The van der Waals surface area contributed by atoms with Crippen LogP contribution in [-0.2, 0) is 32.2 Å². The molecule has 4 heterocycles. The highest BCUT2D eigenvalue weighted by atomic mass is 32.1. The van der Waals surface area contributed by atoms with Gasteiger partial charge in [0.2, 0.25) is 0 Å². The molecule has 3 atom stereocenters. The Balaban J connectivity index is 0.000000301. The van der Waals surface area contributed by atoms with Crippen molar-refractivity contribution >= 4 is 23.3 Å². The quantitative estimate of drug-likeness (QED) is 0.478. The number of alkyl halides is 6. The van der Waals surface area contributed by atoms with Crippen LogP contribution in [0.25, 0.3) is 0 Å². The fourth-order valence-electron chi connectivity index (χ4n) is 3.80. The zero-order valence-corrected chi connectivity index (χ0v) is 20.6. The third kappa shape index (κ3) is 10.9. The van der Waals surface area contributed by atoms with Crippen LogP contribution in [0.3, 0.4) is 0 Å². The van der Waals surface area contributed by atoms with Crippen LogP contribution in [0.4, 0.5) is 26.3 Å². The molecule has 15 heteroatoms. The number of carbonyl (C=O) groups is 2. The van der Waals surface area contributed by atoms with Gasteiger partial charge in [-0.1, -0.05) is 12.1 Å². The summed E-state index contributed by atoms with van der Waals surface area (Å²) in [6.45, 7) is 3.52. The molecule has 2 aromatic rings. The van der Waals surface area contributed by atoms with Crippen LogP contribution in [-0.4, -0.2) is 75.8 Å². The Labute approximate surface area is 217 Å². The van der Waals surface area contributed by atoms with Crippen LogP contribution in [0.1, 0.15) is 29.7 Å². The lowest BCUT2D eigenvalue weighted by atomic mass is 9.99. The molecule has 0 unspecified atom stereocenters. The van der Waals surface area contributed by atoms with Crippen molar-refractivity contribution in [3.05, 3.63) is 52.5 Å². The first-order valence-corrected chi connectivity index (χ1v) is 12.1. The van der Waals surface area contributed by atoms with E-state index in [4.69, 9.17) is 29.3 Å². The van der Waals surface area contributed by atoms with Gasteiger partial charge < -0.3 is 19.7 Å². The minimum atomic E-state index is -5.08. The maximum atomic E-state index is 10.6. The second-order valence-corrected chi connectivity index (χ2v) is 9.29. The van der Waals surface area contributed by atoms with Crippen LogP contribution in [0.15, 0.2) is 42.0 Å². The first kappa shape index (κ1) is 31.5. The number of fused-ring (bicyclic) bond motifs is 1. The summed E-state index contributed by atoms with van der Waals surface area (Å²) in [5.41, 5.74) is 1.12. The smallest absolute Gasteiger partial charge is 0.475 e. The normalized spacial score (nSPS) is 21.4. The van der Waals surface area contributed by atoms with Gasteiger partial charge in [-0.15, -0.1) is 11.3 Å². The van der Waals surface area contributed by atoms with Crippen LogP contribution in [0.2, 0.25) is 0 Å². The summed E-state index contributed by atoms with van der Waals surface area (Å²) in [5, 5.41) is 16.4. The van der Waals surface area contributed by atoms with E-state index >= 15 is 0 Å². The predicted molar refractivity (Wildman–Crippen MR) is 122 cm³/mol. The SMILES string of the molecule is O=C(O)C(F)(F)F.O=C(O)C(F)(F)F.c1cncc(COC[C@H]2CC[C@H]3[C@H](CCN3Cc3cccs3)O2)c1. The minimum absolute atomic E-state index is 0.240. The van der Waals surface area contributed by atoms with Crippen molar-refractivity contribution in [1.82, 2.24) is 9.88 Å². The van der Waals surface area contributed by atoms with Crippen molar-refractivity contribution in [2.24, 2.45) is 0 Å². The van der Waals surface area contributed by atoms with Crippen LogP contribution in [0, 0.1) is 0 Å². The summed E-state index contributed by atoms with van der Waals surface area (Å²) < 4.78 is 75.6. The lowest BCUT2D eigenvalue weighted by Crippen LogP contribution is -2.43. The second kappa shape index (κ2) is 14.4. The molecule has 2 fully saturated rings. The molecule has 8 nitrogen and oxygen atoms in total. The zero-order chi connectivity index (χ0) is 28.3. The van der Waals surface area contributed by atoms with Gasteiger partial charge in [-0.05, 0) is 42.3 Å². The van der Waals surface area contributed by atoms with Gasteiger partial charge in [0.1, 0.15) is 0 Å². The molecular formula is C23H26F6N2O6S. The van der Waals surface area contributed by atoms with E-state index in [0.29, 0.717) is 25.4 Å². The number of halogens is 6. The highest BCUT2D eigenvalue weighted by molar-refractivity contribution is 7.09. The molecule has 2 aliphatic rings. The molecule has 2 saturated heterocycles. The molecule has 0 aliphatic carbocycles. The van der Waals surface area contributed by atoms with Crippen molar-refractivity contribution in [3.63, 3.8) is 0 Å². The minimum Gasteiger partial charge on any atom is -0.475 e. The molecule has 0 bridgehead atoms. The van der Waals surface area contributed by atoms with Crippen LogP contribution in [0.5, 0.6) is 0 Å². The number of carboxylic acid groups (broad SMARTS) is 2. The number of likely N-dealkylation sites (tertiary alicyclic amines) is 1. The summed E-state index contributed by atoms with van der Waals surface area (Å²) >= 11 is 1.85. The van der Waals surface area contributed by atoms with E-state index in [0.717, 1.165) is 31.5 Å². The average Bonchev–Trinajstić information content (AvgIpc) is 3.50. The lowest BCUT2D eigenvalue weighted by molar-refractivity contribution is -0.193. The summed E-state index contributed by atoms with van der Waals surface area (Å²) in [5.74, 6) is -5.51. The van der Waals surface area contributed by atoms with Gasteiger partial charge >= 0.3 is 24.3 Å². The molecule has 212 valence electrons. The van der Waals surface area contributed by atoms with Crippen LogP contribution >= 0.6 is 11.3 Å². The van der Waals surface area contributed by atoms with E-state index in [1.54, 1.807) is 6.20 Å². The first-order chi connectivity index (χ1) is 17.8. The van der Waals surface area contributed by atoms with Crippen molar-refractivity contribution in [2.75, 3.05) is 13.2 Å². The highest BCUT2D eigenvalue weighted by Crippen LogP contribution is 2.33. The van der Waals surface area contributed by atoms with Gasteiger partial charge in [0.25, 0.3) is 0 Å². The fraction of sp³-hybridized carbons (Fsp3) is 0.522. The highest BCUT2D eigenvalue weighted by Gasteiger charge is 2.40. The van der Waals surface area contributed by atoms with Gasteiger partial charge in [-0.3, -0.25) is 9.88 Å². The van der Waals surface area contributed by atoms with Gasteiger partial charge in [-0.2, -0.15) is 26.3 Å². The average molecular weight is 573 g/mol.